The van der Waals surface area contributed by atoms with Crippen LogP contribution in [0, 0.1) is 0 Å². The molecule has 0 aliphatic heterocycles. The standard InChI is InChI=1S/C21H23ClN4O3S2/c1-14(13-21(2,3)16-7-5-4-6-8-16)26-31(28,29)20-25-24-19(30-20)23-18(27)15-9-11-17(22)12-10-15/h4-12,14,26H,13H2,1-3H3,(H,23,24,27)/t14-/m0/s1. The molecule has 1 amide bonds. The fourth-order valence-electron chi connectivity index (χ4n) is 3.27. The highest BCUT2D eigenvalue weighted by Crippen LogP contribution is 2.29. The number of carbonyl (C=O) groups excluding carboxylic acids is 1. The molecule has 7 nitrogen and oxygen atoms in total. The van der Waals surface area contributed by atoms with E-state index in [2.05, 4.69) is 34.1 Å². The first-order chi connectivity index (χ1) is 14.6. The Kier molecular flexibility index (Phi) is 7.10. The fourth-order valence-corrected chi connectivity index (χ4v) is 5.55. The van der Waals surface area contributed by atoms with Crippen molar-refractivity contribution in [3.8, 4) is 0 Å². The fraction of sp³-hybridized carbons (Fsp3) is 0.286. The summed E-state index contributed by atoms with van der Waals surface area (Å²) in [6, 6.07) is 15.9. The highest BCUT2D eigenvalue weighted by molar-refractivity contribution is 7.91. The van der Waals surface area contributed by atoms with E-state index in [9.17, 15) is 13.2 Å². The lowest BCUT2D eigenvalue weighted by Gasteiger charge is -2.28. The van der Waals surface area contributed by atoms with Crippen molar-refractivity contribution in [2.45, 2.75) is 43.0 Å². The summed E-state index contributed by atoms with van der Waals surface area (Å²) in [6.45, 7) is 5.96. The van der Waals surface area contributed by atoms with Crippen LogP contribution in [0.25, 0.3) is 0 Å². The summed E-state index contributed by atoms with van der Waals surface area (Å²) in [6.07, 6.45) is 0.592. The molecule has 1 atom stereocenters. The summed E-state index contributed by atoms with van der Waals surface area (Å²) in [5.41, 5.74) is 1.28. The van der Waals surface area contributed by atoms with E-state index in [0.29, 0.717) is 17.0 Å². The van der Waals surface area contributed by atoms with Gasteiger partial charge in [-0.25, -0.2) is 13.1 Å². The summed E-state index contributed by atoms with van der Waals surface area (Å²) in [4.78, 5) is 12.3. The van der Waals surface area contributed by atoms with Crippen LogP contribution in [0.4, 0.5) is 5.13 Å². The van der Waals surface area contributed by atoms with Crippen molar-refractivity contribution in [1.29, 1.82) is 0 Å². The molecule has 31 heavy (non-hydrogen) atoms. The van der Waals surface area contributed by atoms with Gasteiger partial charge in [-0.3, -0.25) is 10.1 Å². The third-order valence-electron chi connectivity index (χ3n) is 4.69. The highest BCUT2D eigenvalue weighted by atomic mass is 35.5. The highest BCUT2D eigenvalue weighted by Gasteiger charge is 2.28. The van der Waals surface area contributed by atoms with Gasteiger partial charge < -0.3 is 0 Å². The monoisotopic (exact) mass is 478 g/mol. The number of benzene rings is 2. The predicted molar refractivity (Wildman–Crippen MR) is 123 cm³/mol. The molecule has 0 bridgehead atoms. The van der Waals surface area contributed by atoms with Crippen LogP contribution >= 0.6 is 22.9 Å². The molecule has 0 fully saturated rings. The van der Waals surface area contributed by atoms with E-state index in [1.165, 1.54) is 0 Å². The van der Waals surface area contributed by atoms with E-state index in [-0.39, 0.29) is 20.9 Å². The van der Waals surface area contributed by atoms with Crippen molar-refractivity contribution in [1.82, 2.24) is 14.9 Å². The quantitative estimate of drug-likeness (QED) is 0.465. The van der Waals surface area contributed by atoms with Crippen molar-refractivity contribution in [3.05, 3.63) is 70.7 Å². The average molecular weight is 479 g/mol. The molecule has 2 N–H and O–H groups in total. The van der Waals surface area contributed by atoms with Crippen LogP contribution in [0.15, 0.2) is 58.9 Å². The summed E-state index contributed by atoms with van der Waals surface area (Å²) in [5, 5.41) is 10.7. The lowest BCUT2D eigenvalue weighted by atomic mass is 9.79. The number of hydrogen-bond donors (Lipinski definition) is 2. The van der Waals surface area contributed by atoms with Gasteiger partial charge in [0.15, 0.2) is 0 Å². The van der Waals surface area contributed by atoms with E-state index in [0.717, 1.165) is 16.9 Å². The predicted octanol–water partition coefficient (Wildman–Crippen LogP) is 4.48. The Morgan fingerprint density at radius 1 is 1.10 bits per heavy atom. The average Bonchev–Trinajstić information content (AvgIpc) is 3.18. The Hall–Kier alpha value is -2.33. The van der Waals surface area contributed by atoms with E-state index < -0.39 is 15.9 Å². The van der Waals surface area contributed by atoms with Crippen LogP contribution in [0.3, 0.4) is 0 Å². The molecule has 3 aromatic rings. The molecule has 0 radical (unpaired) electrons. The van der Waals surface area contributed by atoms with Gasteiger partial charge in [-0.05, 0) is 48.6 Å². The summed E-state index contributed by atoms with van der Waals surface area (Å²) >= 11 is 6.61. The molecule has 2 aromatic carbocycles. The van der Waals surface area contributed by atoms with Crippen LogP contribution in [-0.2, 0) is 15.4 Å². The Morgan fingerprint density at radius 2 is 1.74 bits per heavy atom. The third kappa shape index (κ3) is 6.10. The Labute approximate surface area is 190 Å². The first kappa shape index (κ1) is 23.3. The zero-order valence-electron chi connectivity index (χ0n) is 17.3. The summed E-state index contributed by atoms with van der Waals surface area (Å²) < 4.78 is 27.9. The molecule has 0 unspecified atom stereocenters. The van der Waals surface area contributed by atoms with E-state index in [1.807, 2.05) is 37.3 Å². The molecular formula is C21H23ClN4O3S2. The second kappa shape index (κ2) is 9.44. The zero-order valence-corrected chi connectivity index (χ0v) is 19.7. The third-order valence-corrected chi connectivity index (χ3v) is 7.74. The number of anilines is 1. The van der Waals surface area contributed by atoms with Gasteiger partial charge in [0.2, 0.25) is 9.47 Å². The van der Waals surface area contributed by atoms with Gasteiger partial charge in [0.25, 0.3) is 15.9 Å². The van der Waals surface area contributed by atoms with Crippen LogP contribution in [0.1, 0.15) is 43.1 Å². The van der Waals surface area contributed by atoms with E-state index in [4.69, 9.17) is 11.6 Å². The van der Waals surface area contributed by atoms with E-state index >= 15 is 0 Å². The molecule has 0 aliphatic carbocycles. The molecule has 1 heterocycles. The van der Waals surface area contributed by atoms with Gasteiger partial charge in [0.05, 0.1) is 0 Å². The van der Waals surface area contributed by atoms with Gasteiger partial charge in [-0.1, -0.05) is 67.1 Å². The molecule has 164 valence electrons. The smallest absolute Gasteiger partial charge is 0.270 e. The number of halogens is 1. The van der Waals surface area contributed by atoms with Crippen molar-refractivity contribution in [2.75, 3.05) is 5.32 Å². The largest absolute Gasteiger partial charge is 0.296 e. The van der Waals surface area contributed by atoms with Gasteiger partial charge in [0, 0.05) is 16.6 Å². The molecule has 0 spiro atoms. The maximum Gasteiger partial charge on any atom is 0.270 e. The normalized spacial score (nSPS) is 13.0. The van der Waals surface area contributed by atoms with Gasteiger partial charge >= 0.3 is 0 Å². The molecule has 0 saturated heterocycles. The molecule has 3 rings (SSSR count). The SMILES string of the molecule is C[C@@H](CC(C)(C)c1ccccc1)NS(=O)(=O)c1nnc(NC(=O)c2ccc(Cl)cc2)s1. The number of nitrogens with one attached hydrogen (secondary N) is 2. The number of nitrogens with zero attached hydrogens (tertiary/aromatic N) is 2. The molecule has 10 heteroatoms. The van der Waals surface area contributed by atoms with Crippen molar-refractivity contribution >= 4 is 44.0 Å². The van der Waals surface area contributed by atoms with Crippen molar-refractivity contribution < 1.29 is 13.2 Å². The number of hydrogen-bond acceptors (Lipinski definition) is 6. The lowest BCUT2D eigenvalue weighted by Crippen LogP contribution is -2.37. The molecular weight excluding hydrogens is 456 g/mol. The van der Waals surface area contributed by atoms with Crippen LogP contribution < -0.4 is 10.0 Å². The minimum atomic E-state index is -3.87. The molecule has 0 aliphatic rings. The Balaban J connectivity index is 1.65. The van der Waals surface area contributed by atoms with Gasteiger partial charge in [-0.2, -0.15) is 0 Å². The second-order valence-electron chi connectivity index (χ2n) is 7.81. The maximum absolute atomic E-state index is 12.7. The second-order valence-corrected chi connectivity index (χ2v) is 11.1. The minimum Gasteiger partial charge on any atom is -0.296 e. The first-order valence-electron chi connectivity index (χ1n) is 9.55. The van der Waals surface area contributed by atoms with Crippen LogP contribution in [-0.4, -0.2) is 30.6 Å². The minimum absolute atomic E-state index is 0.0950. The summed E-state index contributed by atoms with van der Waals surface area (Å²) in [7, 11) is -3.87. The van der Waals surface area contributed by atoms with Gasteiger partial charge in [-0.15, -0.1) is 10.2 Å². The topological polar surface area (TPSA) is 101 Å². The maximum atomic E-state index is 12.7. The van der Waals surface area contributed by atoms with Crippen molar-refractivity contribution in [2.24, 2.45) is 0 Å². The number of amides is 1. The van der Waals surface area contributed by atoms with Gasteiger partial charge in [0.1, 0.15) is 0 Å². The van der Waals surface area contributed by atoms with Crippen molar-refractivity contribution in [3.63, 3.8) is 0 Å². The number of aromatic nitrogens is 2. The molecule has 1 aromatic heterocycles. The first-order valence-corrected chi connectivity index (χ1v) is 12.2. The lowest BCUT2D eigenvalue weighted by molar-refractivity contribution is 0.102. The Morgan fingerprint density at radius 3 is 2.39 bits per heavy atom. The molecule has 0 saturated carbocycles. The van der Waals surface area contributed by atoms with Crippen LogP contribution in [0.5, 0.6) is 0 Å². The Bertz CT molecular complexity index is 1150. The summed E-state index contributed by atoms with van der Waals surface area (Å²) in [5.74, 6) is -0.428. The number of rotatable bonds is 8. The number of carbonyl (C=O) groups is 1. The number of sulfonamides is 1. The zero-order chi connectivity index (χ0) is 22.6. The van der Waals surface area contributed by atoms with E-state index in [1.54, 1.807) is 24.3 Å². The van der Waals surface area contributed by atoms with Crippen LogP contribution in [0.2, 0.25) is 5.02 Å².